The minimum atomic E-state index is -2.27. The maximum atomic E-state index is 11.6. The number of aromatic nitrogens is 1. The monoisotopic (exact) mass is 506 g/mol. The van der Waals surface area contributed by atoms with Crippen molar-refractivity contribution in [3.8, 4) is 5.75 Å². The van der Waals surface area contributed by atoms with Gasteiger partial charge in [0, 0.05) is 18.3 Å². The van der Waals surface area contributed by atoms with Gasteiger partial charge in [0.15, 0.2) is 12.2 Å². The summed E-state index contributed by atoms with van der Waals surface area (Å²) in [5.41, 5.74) is 3.25. The van der Waals surface area contributed by atoms with Gasteiger partial charge in [-0.1, -0.05) is 36.9 Å². The van der Waals surface area contributed by atoms with E-state index in [1.165, 1.54) is 5.56 Å². The number of rotatable bonds is 10. The third-order valence-corrected chi connectivity index (χ3v) is 5.82. The number of nitrogens with zero attached hydrogens (tertiary/aromatic N) is 1. The van der Waals surface area contributed by atoms with Crippen LogP contribution in [-0.4, -0.2) is 72.6 Å². The molecule has 2 unspecified atom stereocenters. The Morgan fingerprint density at radius 3 is 2.09 bits per heavy atom. The van der Waals surface area contributed by atoms with Crippen molar-refractivity contribution < 1.29 is 44.3 Å². The SMILES string of the molecule is CCc1ccc(CCOc2ccc(C[C@H]3SC(=O)NC3=O)cc2)nc1.O=C(O)C(O)C(O)C(=O)O. The molecule has 3 rings (SSSR count). The molecular weight excluding hydrogens is 480 g/mol. The number of amides is 2. The van der Waals surface area contributed by atoms with Gasteiger partial charge < -0.3 is 25.2 Å². The quantitative estimate of drug-likeness (QED) is 0.310. The van der Waals surface area contributed by atoms with Crippen LogP contribution in [0, 0.1) is 0 Å². The molecule has 0 radical (unpaired) electrons. The number of aliphatic carboxylic acids is 2. The summed E-state index contributed by atoms with van der Waals surface area (Å²) in [5.74, 6) is -2.96. The second-order valence-electron chi connectivity index (χ2n) is 7.41. The largest absolute Gasteiger partial charge is 0.493 e. The number of carbonyl (C=O) groups is 4. The lowest BCUT2D eigenvalue weighted by Gasteiger charge is -2.09. The fourth-order valence-electron chi connectivity index (χ4n) is 2.82. The predicted octanol–water partition coefficient (Wildman–Crippen LogP) is 1.04. The van der Waals surface area contributed by atoms with E-state index in [0.29, 0.717) is 13.0 Å². The van der Waals surface area contributed by atoms with Crippen LogP contribution in [0.2, 0.25) is 0 Å². The lowest BCUT2D eigenvalue weighted by atomic mass is 10.1. The Morgan fingerprint density at radius 2 is 1.63 bits per heavy atom. The minimum Gasteiger partial charge on any atom is -0.493 e. The van der Waals surface area contributed by atoms with Crippen molar-refractivity contribution in [2.24, 2.45) is 0 Å². The number of imide groups is 1. The Labute approximate surface area is 205 Å². The first kappa shape index (κ1) is 27.8. The molecule has 1 fully saturated rings. The smallest absolute Gasteiger partial charge is 0.335 e. The molecule has 35 heavy (non-hydrogen) atoms. The van der Waals surface area contributed by atoms with Gasteiger partial charge in [-0.3, -0.25) is 19.9 Å². The second kappa shape index (κ2) is 13.4. The topological polar surface area (TPSA) is 183 Å². The normalized spacial score (nSPS) is 16.5. The van der Waals surface area contributed by atoms with Crippen molar-refractivity contribution in [1.82, 2.24) is 10.3 Å². The van der Waals surface area contributed by atoms with Crippen LogP contribution in [-0.2, 0) is 33.6 Å². The number of aliphatic hydroxyl groups is 2. The van der Waals surface area contributed by atoms with Gasteiger partial charge in [-0.2, -0.15) is 0 Å². The van der Waals surface area contributed by atoms with Gasteiger partial charge in [0.25, 0.3) is 5.24 Å². The maximum absolute atomic E-state index is 11.6. The molecule has 3 atom stereocenters. The van der Waals surface area contributed by atoms with Crippen LogP contribution in [0.1, 0.15) is 23.7 Å². The van der Waals surface area contributed by atoms with E-state index < -0.39 is 24.1 Å². The van der Waals surface area contributed by atoms with Gasteiger partial charge in [0.2, 0.25) is 5.91 Å². The third-order valence-electron chi connectivity index (χ3n) is 4.84. The average molecular weight is 507 g/mol. The number of pyridine rings is 1. The second-order valence-corrected chi connectivity index (χ2v) is 8.58. The molecule has 1 aromatic heterocycles. The number of ether oxygens (including phenoxy) is 1. The molecule has 1 aliphatic rings. The molecule has 12 heteroatoms. The zero-order chi connectivity index (χ0) is 26.0. The van der Waals surface area contributed by atoms with Crippen LogP contribution >= 0.6 is 11.8 Å². The van der Waals surface area contributed by atoms with Gasteiger partial charge in [0.05, 0.1) is 11.9 Å². The Hall–Kier alpha value is -3.48. The van der Waals surface area contributed by atoms with Crippen molar-refractivity contribution in [3.05, 3.63) is 59.4 Å². The highest BCUT2D eigenvalue weighted by molar-refractivity contribution is 8.15. The lowest BCUT2D eigenvalue weighted by Crippen LogP contribution is -2.39. The number of benzene rings is 1. The number of carbonyl (C=O) groups excluding carboxylic acids is 2. The summed E-state index contributed by atoms with van der Waals surface area (Å²) in [6.07, 6.45) is -0.338. The summed E-state index contributed by atoms with van der Waals surface area (Å²) in [5, 5.41) is 34.2. The van der Waals surface area contributed by atoms with E-state index in [1.807, 2.05) is 36.5 Å². The molecule has 1 saturated heterocycles. The van der Waals surface area contributed by atoms with Crippen LogP contribution in [0.4, 0.5) is 4.79 Å². The Kier molecular flexibility index (Phi) is 10.6. The van der Waals surface area contributed by atoms with Gasteiger partial charge in [-0.25, -0.2) is 9.59 Å². The number of aliphatic hydroxyl groups excluding tert-OH is 2. The first-order valence-corrected chi connectivity index (χ1v) is 11.5. The van der Waals surface area contributed by atoms with E-state index in [1.54, 1.807) is 0 Å². The van der Waals surface area contributed by atoms with E-state index in [2.05, 4.69) is 23.3 Å². The Balaban J connectivity index is 0.000000367. The molecule has 0 spiro atoms. The number of thioether (sulfide) groups is 1. The highest BCUT2D eigenvalue weighted by atomic mass is 32.2. The van der Waals surface area contributed by atoms with Crippen LogP contribution in [0.15, 0.2) is 42.6 Å². The van der Waals surface area contributed by atoms with Crippen LogP contribution in [0.3, 0.4) is 0 Å². The number of nitrogens with one attached hydrogen (secondary N) is 1. The highest BCUT2D eigenvalue weighted by Crippen LogP contribution is 2.23. The predicted molar refractivity (Wildman–Crippen MR) is 125 cm³/mol. The van der Waals surface area contributed by atoms with E-state index in [4.69, 9.17) is 25.2 Å². The number of aryl methyl sites for hydroxylation is 1. The maximum Gasteiger partial charge on any atom is 0.335 e. The van der Waals surface area contributed by atoms with Crippen molar-refractivity contribution in [2.45, 2.75) is 43.6 Å². The standard InChI is InChI=1S/C19H20N2O3S.C4H6O6/c1-2-13-3-6-15(20-12-13)9-10-24-16-7-4-14(5-8-16)11-17-18(22)21-19(23)25-17;5-1(3(7)8)2(6)4(9)10/h3-8,12,17H,2,9-11H2,1H3,(H,21,22,23);1-2,5-6H,(H,7,8)(H,9,10)/t17-;/m1./s1. The average Bonchev–Trinajstić information content (AvgIpc) is 3.16. The van der Waals surface area contributed by atoms with Crippen LogP contribution in [0.25, 0.3) is 0 Å². The van der Waals surface area contributed by atoms with Gasteiger partial charge >= 0.3 is 11.9 Å². The summed E-state index contributed by atoms with van der Waals surface area (Å²) in [4.78, 5) is 46.7. The summed E-state index contributed by atoms with van der Waals surface area (Å²) >= 11 is 1.05. The fourth-order valence-corrected chi connectivity index (χ4v) is 3.68. The van der Waals surface area contributed by atoms with E-state index >= 15 is 0 Å². The molecule has 188 valence electrons. The first-order valence-electron chi connectivity index (χ1n) is 10.6. The zero-order valence-electron chi connectivity index (χ0n) is 18.8. The number of hydrogen-bond acceptors (Lipinski definition) is 9. The van der Waals surface area contributed by atoms with E-state index in [-0.39, 0.29) is 16.4 Å². The molecular formula is C23H26N2O9S. The number of hydrogen-bond donors (Lipinski definition) is 5. The first-order chi connectivity index (χ1) is 16.6. The van der Waals surface area contributed by atoms with Gasteiger partial charge in [-0.15, -0.1) is 0 Å². The van der Waals surface area contributed by atoms with Crippen molar-refractivity contribution >= 4 is 34.8 Å². The molecule has 0 bridgehead atoms. The van der Waals surface area contributed by atoms with Crippen molar-refractivity contribution in [2.75, 3.05) is 6.61 Å². The molecule has 1 aromatic carbocycles. The van der Waals surface area contributed by atoms with E-state index in [9.17, 15) is 19.2 Å². The molecule has 2 aromatic rings. The molecule has 0 aliphatic carbocycles. The fraction of sp³-hybridized carbons (Fsp3) is 0.348. The summed E-state index contributed by atoms with van der Waals surface area (Å²) in [7, 11) is 0. The minimum absolute atomic E-state index is 0.211. The summed E-state index contributed by atoms with van der Waals surface area (Å²) in [6, 6.07) is 11.8. The van der Waals surface area contributed by atoms with E-state index in [0.717, 1.165) is 41.6 Å². The molecule has 2 amide bonds. The zero-order valence-corrected chi connectivity index (χ0v) is 19.6. The number of carboxylic acids is 2. The Morgan fingerprint density at radius 1 is 1.03 bits per heavy atom. The summed E-state index contributed by atoms with van der Waals surface area (Å²) < 4.78 is 5.75. The molecule has 0 saturated carbocycles. The van der Waals surface area contributed by atoms with Crippen LogP contribution in [0.5, 0.6) is 5.75 Å². The molecule has 2 heterocycles. The van der Waals surface area contributed by atoms with Gasteiger partial charge in [-0.05, 0) is 42.2 Å². The summed E-state index contributed by atoms with van der Waals surface area (Å²) in [6.45, 7) is 2.67. The highest BCUT2D eigenvalue weighted by Gasteiger charge is 2.31. The Bertz CT molecular complexity index is 1010. The lowest BCUT2D eigenvalue weighted by molar-refractivity contribution is -0.165. The van der Waals surface area contributed by atoms with Crippen molar-refractivity contribution in [1.29, 1.82) is 0 Å². The van der Waals surface area contributed by atoms with Gasteiger partial charge in [0.1, 0.15) is 5.75 Å². The van der Waals surface area contributed by atoms with Crippen LogP contribution < -0.4 is 10.1 Å². The third kappa shape index (κ3) is 9.00. The van der Waals surface area contributed by atoms with Crippen molar-refractivity contribution in [3.63, 3.8) is 0 Å². The molecule has 5 N–H and O–H groups in total. The molecule has 1 aliphatic heterocycles. The molecule has 11 nitrogen and oxygen atoms in total. The number of carboxylic acid groups (broad SMARTS) is 2.